The van der Waals surface area contributed by atoms with E-state index in [0.29, 0.717) is 5.75 Å². The number of aryl methyl sites for hydroxylation is 1. The second-order valence-corrected chi connectivity index (χ2v) is 6.71. The van der Waals surface area contributed by atoms with Gasteiger partial charge in [0, 0.05) is 10.2 Å². The molecule has 1 spiro atoms. The Balaban J connectivity index is 1.96. The molecule has 1 aromatic rings. The summed E-state index contributed by atoms with van der Waals surface area (Å²) in [7, 11) is 0. The Hall–Kier alpha value is -0.520. The molecule has 1 aliphatic heterocycles. The molecule has 17 heavy (non-hydrogen) atoms. The molecule has 1 saturated heterocycles. The number of carbonyl (C=O) groups is 1. The summed E-state index contributed by atoms with van der Waals surface area (Å²) in [6.45, 7) is 0. The summed E-state index contributed by atoms with van der Waals surface area (Å²) in [5.74, 6) is -0.106. The summed E-state index contributed by atoms with van der Waals surface area (Å²) in [4.78, 5) is 10.9. The maximum atomic E-state index is 11.0. The van der Waals surface area contributed by atoms with E-state index < -0.39 is 12.0 Å². The van der Waals surface area contributed by atoms with Crippen LogP contribution in [0.4, 0.5) is 0 Å². The van der Waals surface area contributed by atoms with Crippen molar-refractivity contribution in [3.63, 3.8) is 0 Å². The van der Waals surface area contributed by atoms with Gasteiger partial charge in [-0.05, 0) is 36.1 Å². The number of aliphatic carboxylic acids is 1. The van der Waals surface area contributed by atoms with E-state index >= 15 is 0 Å². The van der Waals surface area contributed by atoms with Gasteiger partial charge >= 0.3 is 5.97 Å². The Kier molecular flexibility index (Phi) is 2.72. The van der Waals surface area contributed by atoms with Crippen molar-refractivity contribution in [3.8, 4) is 0 Å². The van der Waals surface area contributed by atoms with E-state index in [1.165, 1.54) is 11.1 Å². The normalized spacial score (nSPS) is 30.8. The minimum Gasteiger partial charge on any atom is -0.480 e. The zero-order valence-electron chi connectivity index (χ0n) is 9.07. The molecule has 0 amide bonds. The van der Waals surface area contributed by atoms with Crippen LogP contribution in [-0.4, -0.2) is 22.9 Å². The molecule has 0 saturated carbocycles. The van der Waals surface area contributed by atoms with Crippen molar-refractivity contribution in [2.45, 2.75) is 23.8 Å². The van der Waals surface area contributed by atoms with Crippen molar-refractivity contribution in [1.29, 1.82) is 0 Å². The SMILES string of the molecule is O=C(O)[C@@H]1CSC2(CCc3cc(Br)ccc32)N1. The van der Waals surface area contributed by atoms with Gasteiger partial charge in [-0.25, -0.2) is 0 Å². The van der Waals surface area contributed by atoms with Crippen LogP contribution in [0.3, 0.4) is 0 Å². The lowest BCUT2D eigenvalue weighted by atomic mass is 10.1. The first-order valence-corrected chi connectivity index (χ1v) is 7.32. The van der Waals surface area contributed by atoms with Gasteiger partial charge in [-0.3, -0.25) is 10.1 Å². The van der Waals surface area contributed by atoms with E-state index in [1.807, 2.05) is 6.07 Å². The molecular weight excluding hydrogens is 302 g/mol. The zero-order valence-corrected chi connectivity index (χ0v) is 11.5. The number of thioether (sulfide) groups is 1. The Bertz CT molecular complexity index is 493. The van der Waals surface area contributed by atoms with Gasteiger partial charge in [-0.2, -0.15) is 0 Å². The first kappa shape index (κ1) is 11.6. The van der Waals surface area contributed by atoms with Crippen molar-refractivity contribution >= 4 is 33.7 Å². The third kappa shape index (κ3) is 1.80. The second-order valence-electron chi connectivity index (χ2n) is 4.47. The fourth-order valence-corrected chi connectivity index (χ4v) is 4.54. The predicted molar refractivity (Wildman–Crippen MR) is 71.2 cm³/mol. The van der Waals surface area contributed by atoms with E-state index in [4.69, 9.17) is 5.11 Å². The molecule has 0 radical (unpaired) electrons. The maximum absolute atomic E-state index is 11.0. The zero-order chi connectivity index (χ0) is 12.0. The van der Waals surface area contributed by atoms with Crippen molar-refractivity contribution in [2.75, 3.05) is 5.75 Å². The highest BCUT2D eigenvalue weighted by Gasteiger charge is 2.46. The molecule has 90 valence electrons. The number of hydrogen-bond acceptors (Lipinski definition) is 3. The Labute approximate surface area is 112 Å². The van der Waals surface area contributed by atoms with Crippen molar-refractivity contribution in [2.24, 2.45) is 0 Å². The highest BCUT2D eigenvalue weighted by molar-refractivity contribution is 9.10. The molecule has 1 aliphatic carbocycles. The maximum Gasteiger partial charge on any atom is 0.321 e. The second kappa shape index (κ2) is 4.00. The van der Waals surface area contributed by atoms with E-state index in [2.05, 4.69) is 33.4 Å². The number of benzene rings is 1. The summed E-state index contributed by atoms with van der Waals surface area (Å²) >= 11 is 5.21. The number of fused-ring (bicyclic) bond motifs is 2. The van der Waals surface area contributed by atoms with E-state index in [1.54, 1.807) is 11.8 Å². The minimum absolute atomic E-state index is 0.168. The van der Waals surface area contributed by atoms with Gasteiger partial charge in [0.25, 0.3) is 0 Å². The number of hydrogen-bond donors (Lipinski definition) is 2. The molecule has 0 aromatic heterocycles. The van der Waals surface area contributed by atoms with Crippen LogP contribution in [-0.2, 0) is 16.1 Å². The molecule has 2 atom stereocenters. The number of rotatable bonds is 1. The number of nitrogens with one attached hydrogen (secondary N) is 1. The fraction of sp³-hybridized carbons (Fsp3) is 0.417. The topological polar surface area (TPSA) is 49.3 Å². The predicted octanol–water partition coefficient (Wildman–Crippen LogP) is 2.34. The van der Waals surface area contributed by atoms with Crippen LogP contribution in [0.15, 0.2) is 22.7 Å². The van der Waals surface area contributed by atoms with Crippen molar-refractivity contribution in [1.82, 2.24) is 5.32 Å². The third-order valence-electron chi connectivity index (χ3n) is 3.45. The monoisotopic (exact) mass is 313 g/mol. The van der Waals surface area contributed by atoms with Gasteiger partial charge in [0.2, 0.25) is 0 Å². The minimum atomic E-state index is -0.750. The molecule has 1 unspecified atom stereocenters. The van der Waals surface area contributed by atoms with Crippen LogP contribution in [0.25, 0.3) is 0 Å². The lowest BCUT2D eigenvalue weighted by Gasteiger charge is -2.24. The molecule has 1 fully saturated rings. The molecule has 5 heteroatoms. The van der Waals surface area contributed by atoms with Crippen molar-refractivity contribution < 1.29 is 9.90 Å². The van der Waals surface area contributed by atoms with Gasteiger partial charge in [0.15, 0.2) is 0 Å². The molecule has 3 nitrogen and oxygen atoms in total. The fourth-order valence-electron chi connectivity index (χ4n) is 2.63. The van der Waals surface area contributed by atoms with Gasteiger partial charge < -0.3 is 5.11 Å². The molecule has 3 rings (SSSR count). The lowest BCUT2D eigenvalue weighted by Crippen LogP contribution is -2.42. The van der Waals surface area contributed by atoms with Gasteiger partial charge in [-0.1, -0.05) is 22.0 Å². The van der Waals surface area contributed by atoms with Crippen LogP contribution in [0.2, 0.25) is 0 Å². The summed E-state index contributed by atoms with van der Waals surface area (Å²) in [6.07, 6.45) is 1.99. The molecule has 2 N–H and O–H groups in total. The average Bonchev–Trinajstić information content (AvgIpc) is 2.86. The Morgan fingerprint density at radius 2 is 2.41 bits per heavy atom. The van der Waals surface area contributed by atoms with Crippen LogP contribution in [0.5, 0.6) is 0 Å². The van der Waals surface area contributed by atoms with Crippen LogP contribution >= 0.6 is 27.7 Å². The average molecular weight is 314 g/mol. The summed E-state index contributed by atoms with van der Waals surface area (Å²) < 4.78 is 1.09. The lowest BCUT2D eigenvalue weighted by molar-refractivity contribution is -0.138. The number of carboxylic acids is 1. The van der Waals surface area contributed by atoms with E-state index in [-0.39, 0.29) is 4.87 Å². The number of carboxylic acid groups (broad SMARTS) is 1. The van der Waals surface area contributed by atoms with Gasteiger partial charge in [-0.15, -0.1) is 11.8 Å². The standard InChI is InChI=1S/C12H12BrNO2S/c13-8-1-2-9-7(5-8)3-4-12(9)14-10(6-17-12)11(15)16/h1-2,5,10,14H,3-4,6H2,(H,15,16)/t10-,12?/m0/s1. The molecule has 1 aromatic carbocycles. The highest BCUT2D eigenvalue weighted by atomic mass is 79.9. The largest absolute Gasteiger partial charge is 0.480 e. The van der Waals surface area contributed by atoms with Crippen LogP contribution in [0, 0.1) is 0 Å². The number of halogens is 1. The smallest absolute Gasteiger partial charge is 0.321 e. The van der Waals surface area contributed by atoms with Crippen molar-refractivity contribution in [3.05, 3.63) is 33.8 Å². The molecule has 2 aliphatic rings. The summed E-state index contributed by atoms with van der Waals surface area (Å²) in [6, 6.07) is 5.86. The van der Waals surface area contributed by atoms with Gasteiger partial charge in [0.05, 0.1) is 4.87 Å². The van der Waals surface area contributed by atoms with Gasteiger partial charge in [0.1, 0.15) is 6.04 Å². The first-order valence-electron chi connectivity index (χ1n) is 5.54. The summed E-state index contributed by atoms with van der Waals surface area (Å²) in [5, 5.41) is 12.4. The van der Waals surface area contributed by atoms with Crippen LogP contribution < -0.4 is 5.32 Å². The first-order chi connectivity index (χ1) is 8.11. The molecular formula is C12H12BrNO2S. The van der Waals surface area contributed by atoms with E-state index in [0.717, 1.165) is 17.3 Å². The van der Waals surface area contributed by atoms with E-state index in [9.17, 15) is 4.79 Å². The highest BCUT2D eigenvalue weighted by Crippen LogP contribution is 2.49. The summed E-state index contributed by atoms with van der Waals surface area (Å²) in [5.41, 5.74) is 2.58. The van der Waals surface area contributed by atoms with Crippen LogP contribution in [0.1, 0.15) is 17.5 Å². The Morgan fingerprint density at radius 3 is 3.12 bits per heavy atom. The Morgan fingerprint density at radius 1 is 1.59 bits per heavy atom. The third-order valence-corrected chi connectivity index (χ3v) is 5.48. The quantitative estimate of drug-likeness (QED) is 0.835. The molecule has 1 heterocycles. The molecule has 0 bridgehead atoms.